The van der Waals surface area contributed by atoms with Gasteiger partial charge in [0.15, 0.2) is 5.52 Å². The van der Waals surface area contributed by atoms with E-state index >= 15 is 0 Å². The monoisotopic (exact) mass is 338 g/mol. The fourth-order valence-corrected chi connectivity index (χ4v) is 4.28. The molecule has 0 amide bonds. The van der Waals surface area contributed by atoms with Crippen molar-refractivity contribution in [3.05, 3.63) is 72.7 Å². The molecule has 4 aromatic heterocycles. The summed E-state index contributed by atoms with van der Waals surface area (Å²) in [6, 6.07) is 16.7. The molecule has 1 aromatic carbocycles. The molecular weight excluding hydrogens is 322 g/mol. The maximum absolute atomic E-state index is 4.71. The Kier molecular flexibility index (Phi) is 2.54. The van der Waals surface area contributed by atoms with Gasteiger partial charge in [-0.15, -0.1) is 0 Å². The standard InChI is InChI=1S/C21H16N5/c1-24-20-17-12-22-11-9-14(17)13-25(20)18-16-8-5-10-23-19(16)26(21(18)24)15-6-3-2-4-7-15/h2-12H,13H2,1H3/q+1. The number of nitrogens with zero attached hydrogens (tertiary/aromatic N) is 5. The first-order valence-corrected chi connectivity index (χ1v) is 8.71. The summed E-state index contributed by atoms with van der Waals surface area (Å²) in [6.07, 6.45) is 5.71. The third-order valence-corrected chi connectivity index (χ3v) is 5.33. The summed E-state index contributed by atoms with van der Waals surface area (Å²) in [5.41, 5.74) is 7.03. The molecule has 5 heterocycles. The van der Waals surface area contributed by atoms with Gasteiger partial charge >= 0.3 is 0 Å². The van der Waals surface area contributed by atoms with Crippen molar-refractivity contribution in [2.75, 3.05) is 0 Å². The number of para-hydroxylation sites is 1. The topological polar surface area (TPSA) is 39.5 Å². The Hall–Kier alpha value is -3.47. The van der Waals surface area contributed by atoms with Gasteiger partial charge in [-0.1, -0.05) is 18.2 Å². The van der Waals surface area contributed by atoms with Crippen LogP contribution in [0.2, 0.25) is 0 Å². The van der Waals surface area contributed by atoms with Crippen molar-refractivity contribution in [3.8, 4) is 17.1 Å². The van der Waals surface area contributed by atoms with Crippen molar-refractivity contribution in [1.29, 1.82) is 0 Å². The highest BCUT2D eigenvalue weighted by Crippen LogP contribution is 2.37. The molecule has 0 saturated carbocycles. The van der Waals surface area contributed by atoms with Crippen LogP contribution in [-0.4, -0.2) is 19.1 Å². The Morgan fingerprint density at radius 2 is 1.88 bits per heavy atom. The summed E-state index contributed by atoms with van der Waals surface area (Å²) in [6.45, 7) is 0.868. The Balaban J connectivity index is 1.83. The number of benzene rings is 1. The molecule has 26 heavy (non-hydrogen) atoms. The van der Waals surface area contributed by atoms with Crippen LogP contribution in [0.25, 0.3) is 39.3 Å². The van der Waals surface area contributed by atoms with E-state index in [2.05, 4.69) is 62.1 Å². The van der Waals surface area contributed by atoms with E-state index in [0.29, 0.717) is 0 Å². The van der Waals surface area contributed by atoms with E-state index < -0.39 is 0 Å². The van der Waals surface area contributed by atoms with Crippen LogP contribution in [0.15, 0.2) is 67.1 Å². The van der Waals surface area contributed by atoms with Gasteiger partial charge in [0.1, 0.15) is 5.69 Å². The number of hydrogen-bond donors (Lipinski definition) is 0. The van der Waals surface area contributed by atoms with E-state index in [1.54, 1.807) is 0 Å². The van der Waals surface area contributed by atoms with Gasteiger partial charge in [0.05, 0.1) is 24.5 Å². The number of rotatable bonds is 1. The van der Waals surface area contributed by atoms with Crippen LogP contribution in [0, 0.1) is 0 Å². The summed E-state index contributed by atoms with van der Waals surface area (Å²) in [5.74, 6) is 1.20. The van der Waals surface area contributed by atoms with E-state index in [1.807, 2.05) is 30.7 Å². The van der Waals surface area contributed by atoms with Crippen LogP contribution < -0.4 is 4.57 Å². The van der Waals surface area contributed by atoms with Gasteiger partial charge in [-0.3, -0.25) is 4.98 Å². The highest BCUT2D eigenvalue weighted by molar-refractivity contribution is 6.04. The summed E-state index contributed by atoms with van der Waals surface area (Å²) < 4.78 is 6.93. The number of imidazole rings is 1. The molecule has 1 aliphatic heterocycles. The normalized spacial score (nSPS) is 12.7. The van der Waals surface area contributed by atoms with Crippen molar-refractivity contribution in [1.82, 2.24) is 19.1 Å². The Morgan fingerprint density at radius 3 is 2.77 bits per heavy atom. The predicted octanol–water partition coefficient (Wildman–Crippen LogP) is 3.23. The van der Waals surface area contributed by atoms with Crippen LogP contribution in [0.5, 0.6) is 0 Å². The molecule has 1 aliphatic rings. The van der Waals surface area contributed by atoms with Crippen LogP contribution in [0.3, 0.4) is 0 Å². The maximum atomic E-state index is 4.71. The molecule has 0 unspecified atom stereocenters. The largest absolute Gasteiger partial charge is 0.275 e. The van der Waals surface area contributed by atoms with Gasteiger partial charge in [0.25, 0.3) is 5.65 Å². The second kappa shape index (κ2) is 4.79. The van der Waals surface area contributed by atoms with Gasteiger partial charge < -0.3 is 0 Å². The van der Waals surface area contributed by atoms with Crippen molar-refractivity contribution in [2.24, 2.45) is 7.05 Å². The molecule has 124 valence electrons. The van der Waals surface area contributed by atoms with Crippen molar-refractivity contribution >= 4 is 22.2 Å². The van der Waals surface area contributed by atoms with E-state index in [9.17, 15) is 0 Å². The smallest absolute Gasteiger partial charge is 0.264 e. The lowest BCUT2D eigenvalue weighted by Gasteiger charge is -2.02. The number of pyridine rings is 2. The zero-order chi connectivity index (χ0) is 17.3. The molecule has 6 rings (SSSR count). The Morgan fingerprint density at radius 1 is 1.00 bits per heavy atom. The fourth-order valence-electron chi connectivity index (χ4n) is 4.28. The zero-order valence-electron chi connectivity index (χ0n) is 14.3. The molecule has 0 bridgehead atoms. The quantitative estimate of drug-likeness (QED) is 0.432. The third kappa shape index (κ3) is 1.57. The number of hydrogen-bond acceptors (Lipinski definition) is 2. The highest BCUT2D eigenvalue weighted by atomic mass is 15.3. The second-order valence-electron chi connectivity index (χ2n) is 6.72. The minimum atomic E-state index is 0.868. The van der Waals surface area contributed by atoms with Crippen LogP contribution in [0.1, 0.15) is 5.56 Å². The van der Waals surface area contributed by atoms with Gasteiger partial charge in [0, 0.05) is 24.2 Å². The summed E-state index contributed by atoms with van der Waals surface area (Å²) in [5, 5.41) is 1.17. The molecule has 0 saturated heterocycles. The Labute approximate surface area is 149 Å². The van der Waals surface area contributed by atoms with Gasteiger partial charge in [-0.05, 0) is 30.3 Å². The SMILES string of the molecule is C[n+]1c2n(c3c4cccnc4n(-c4ccccc4)c31)Cc1ccncc1-2. The van der Waals surface area contributed by atoms with E-state index in [4.69, 9.17) is 4.98 Å². The zero-order valence-corrected chi connectivity index (χ0v) is 14.3. The molecule has 5 aromatic rings. The lowest BCUT2D eigenvalue weighted by atomic mass is 10.2. The number of fused-ring (bicyclic) bond motifs is 7. The van der Waals surface area contributed by atoms with E-state index in [-0.39, 0.29) is 0 Å². The van der Waals surface area contributed by atoms with Crippen molar-refractivity contribution in [2.45, 2.75) is 6.54 Å². The first kappa shape index (κ1) is 13.8. The predicted molar refractivity (Wildman–Crippen MR) is 100 cm³/mol. The number of aryl methyl sites for hydroxylation is 1. The van der Waals surface area contributed by atoms with E-state index in [1.165, 1.54) is 27.9 Å². The second-order valence-corrected chi connectivity index (χ2v) is 6.72. The van der Waals surface area contributed by atoms with Crippen LogP contribution in [-0.2, 0) is 13.6 Å². The number of aromatic nitrogens is 5. The Bertz CT molecular complexity index is 1310. The van der Waals surface area contributed by atoms with Crippen LogP contribution >= 0.6 is 0 Å². The third-order valence-electron chi connectivity index (χ3n) is 5.33. The molecule has 0 N–H and O–H groups in total. The lowest BCUT2D eigenvalue weighted by molar-refractivity contribution is -0.636. The first-order valence-electron chi connectivity index (χ1n) is 8.71. The van der Waals surface area contributed by atoms with Crippen molar-refractivity contribution < 1.29 is 4.57 Å². The van der Waals surface area contributed by atoms with Gasteiger partial charge in [-0.2, -0.15) is 0 Å². The summed E-state index contributed by atoms with van der Waals surface area (Å²) >= 11 is 0. The molecule has 5 heteroatoms. The molecule has 0 atom stereocenters. The first-order chi connectivity index (χ1) is 12.8. The lowest BCUT2D eigenvalue weighted by Crippen LogP contribution is -2.31. The summed E-state index contributed by atoms with van der Waals surface area (Å²) in [7, 11) is 2.13. The maximum Gasteiger partial charge on any atom is 0.275 e. The fraction of sp³-hybridized carbons (Fsp3) is 0.0952. The minimum Gasteiger partial charge on any atom is -0.264 e. The van der Waals surface area contributed by atoms with Gasteiger partial charge in [0.2, 0.25) is 11.5 Å². The average molecular weight is 338 g/mol. The van der Waals surface area contributed by atoms with Crippen LogP contribution in [0.4, 0.5) is 0 Å². The molecule has 5 nitrogen and oxygen atoms in total. The molecule has 0 radical (unpaired) electrons. The highest BCUT2D eigenvalue weighted by Gasteiger charge is 2.35. The minimum absolute atomic E-state index is 0.868. The van der Waals surface area contributed by atoms with Gasteiger partial charge in [-0.25, -0.2) is 18.7 Å². The average Bonchev–Trinajstić information content (AvgIpc) is 3.31. The van der Waals surface area contributed by atoms with E-state index in [0.717, 1.165) is 23.5 Å². The summed E-state index contributed by atoms with van der Waals surface area (Å²) in [4.78, 5) is 9.05. The molecule has 0 aliphatic carbocycles. The molecule has 0 spiro atoms. The molecule has 0 fully saturated rings. The molecular formula is C21H16N5+. The van der Waals surface area contributed by atoms with Crippen molar-refractivity contribution in [3.63, 3.8) is 0 Å².